The molecule has 1 aliphatic carbocycles. The summed E-state index contributed by atoms with van der Waals surface area (Å²) in [6, 6.07) is 13.5. The number of nitrogens with one attached hydrogen (secondary N) is 2. The van der Waals surface area contributed by atoms with Gasteiger partial charge in [0.1, 0.15) is 6.61 Å². The van der Waals surface area contributed by atoms with Crippen molar-refractivity contribution in [1.82, 2.24) is 10.3 Å². The summed E-state index contributed by atoms with van der Waals surface area (Å²) in [7, 11) is -3.79. The van der Waals surface area contributed by atoms with E-state index in [1.54, 1.807) is 24.3 Å². The van der Waals surface area contributed by atoms with Gasteiger partial charge < -0.3 is 10.3 Å². The zero-order valence-electron chi connectivity index (χ0n) is 15.9. The number of aryl methyl sites for hydroxylation is 1. The minimum absolute atomic E-state index is 0.0249. The second-order valence-corrected chi connectivity index (χ2v) is 9.51. The Bertz CT molecular complexity index is 1130. The van der Waals surface area contributed by atoms with E-state index in [-0.39, 0.29) is 11.5 Å². The molecule has 5 rings (SSSR count). The average molecular weight is 397 g/mol. The highest BCUT2D eigenvalue weighted by molar-refractivity contribution is 7.86. The zero-order valence-corrected chi connectivity index (χ0v) is 16.7. The van der Waals surface area contributed by atoms with E-state index in [9.17, 15) is 8.42 Å². The molecule has 1 fully saturated rings. The number of rotatable bonds is 4. The van der Waals surface area contributed by atoms with Gasteiger partial charge in [-0.15, -0.1) is 0 Å². The van der Waals surface area contributed by atoms with E-state index in [2.05, 4.69) is 28.5 Å². The number of fused-ring (bicyclic) bond motifs is 2. The highest BCUT2D eigenvalue weighted by atomic mass is 32.2. The molecule has 2 atom stereocenters. The van der Waals surface area contributed by atoms with E-state index < -0.39 is 10.1 Å². The van der Waals surface area contributed by atoms with Crippen molar-refractivity contribution in [3.8, 4) is 0 Å². The third-order valence-electron chi connectivity index (χ3n) is 6.12. The molecule has 3 aromatic rings. The molecule has 6 heteroatoms. The first kappa shape index (κ1) is 17.9. The third kappa shape index (κ3) is 2.96. The number of H-pyrrole nitrogens is 1. The lowest BCUT2D eigenvalue weighted by atomic mass is 9.75. The van der Waals surface area contributed by atoms with Crippen LogP contribution in [0.15, 0.2) is 47.4 Å². The van der Waals surface area contributed by atoms with Crippen molar-refractivity contribution in [3.05, 3.63) is 64.8 Å². The minimum Gasteiger partial charge on any atom is -0.356 e. The lowest BCUT2D eigenvalue weighted by molar-refractivity contribution is 0.300. The van der Waals surface area contributed by atoms with Crippen molar-refractivity contribution in [2.24, 2.45) is 0 Å². The van der Waals surface area contributed by atoms with Gasteiger partial charge in [-0.3, -0.25) is 4.18 Å². The lowest BCUT2D eigenvalue weighted by Gasteiger charge is -2.37. The van der Waals surface area contributed by atoms with Gasteiger partial charge >= 0.3 is 0 Å². The molecular weight excluding hydrogens is 372 g/mol. The number of hydrogen-bond acceptors (Lipinski definition) is 4. The highest BCUT2D eigenvalue weighted by Crippen LogP contribution is 2.42. The van der Waals surface area contributed by atoms with Gasteiger partial charge in [0.2, 0.25) is 0 Å². The van der Waals surface area contributed by atoms with Gasteiger partial charge in [0.25, 0.3) is 10.1 Å². The summed E-state index contributed by atoms with van der Waals surface area (Å²) in [6.45, 7) is 3.00. The molecule has 2 aromatic carbocycles. The summed E-state index contributed by atoms with van der Waals surface area (Å²) in [5.41, 5.74) is 5.52. The molecule has 2 heterocycles. The van der Waals surface area contributed by atoms with E-state index in [0.717, 1.165) is 29.7 Å². The Labute approximate surface area is 165 Å². The van der Waals surface area contributed by atoms with Crippen LogP contribution in [-0.2, 0) is 27.3 Å². The van der Waals surface area contributed by atoms with E-state index >= 15 is 0 Å². The maximum atomic E-state index is 12.6. The van der Waals surface area contributed by atoms with Crippen LogP contribution in [0.2, 0.25) is 0 Å². The quantitative estimate of drug-likeness (QED) is 0.659. The normalized spacial score (nSPS) is 21.6. The summed E-state index contributed by atoms with van der Waals surface area (Å²) in [5.74, 6) is 0.533. The molecule has 0 bridgehead atoms. The number of aromatic amines is 1. The smallest absolute Gasteiger partial charge is 0.297 e. The highest BCUT2D eigenvalue weighted by Gasteiger charge is 2.34. The summed E-state index contributed by atoms with van der Waals surface area (Å²) in [4.78, 5) is 3.61. The minimum atomic E-state index is -3.79. The number of aromatic nitrogens is 1. The van der Waals surface area contributed by atoms with Crippen molar-refractivity contribution in [2.45, 2.75) is 49.6 Å². The van der Waals surface area contributed by atoms with Crippen LogP contribution in [0.1, 0.15) is 41.1 Å². The standard InChI is InChI=1S/C22H24N2O3S/c1-14-7-9-15(10-8-14)28(25,26)27-13-21-18-12-20-16(5-3-11-23-20)17-4-2-6-19(24-21)22(17)18/h2,4,6-10,16,20,23-24H,3,5,11-13H2,1H3/t16?,20-/m1/s1. The first-order chi connectivity index (χ1) is 13.5. The van der Waals surface area contributed by atoms with Crippen LogP contribution in [0.25, 0.3) is 10.9 Å². The van der Waals surface area contributed by atoms with Crippen LogP contribution >= 0.6 is 0 Å². The van der Waals surface area contributed by atoms with Gasteiger partial charge in [0.15, 0.2) is 0 Å². The summed E-state index contributed by atoms with van der Waals surface area (Å²) >= 11 is 0. The zero-order chi connectivity index (χ0) is 19.3. The van der Waals surface area contributed by atoms with E-state index in [1.165, 1.54) is 29.4 Å². The predicted molar refractivity (Wildman–Crippen MR) is 109 cm³/mol. The third-order valence-corrected chi connectivity index (χ3v) is 7.40. The molecule has 2 N–H and O–H groups in total. The Morgan fingerprint density at radius 2 is 1.96 bits per heavy atom. The maximum Gasteiger partial charge on any atom is 0.297 e. The van der Waals surface area contributed by atoms with Crippen molar-refractivity contribution in [3.63, 3.8) is 0 Å². The molecule has 1 unspecified atom stereocenters. The Kier molecular flexibility index (Phi) is 4.30. The Morgan fingerprint density at radius 1 is 1.14 bits per heavy atom. The molecule has 0 radical (unpaired) electrons. The fraction of sp³-hybridized carbons (Fsp3) is 0.364. The maximum absolute atomic E-state index is 12.6. The first-order valence-corrected chi connectivity index (χ1v) is 11.3. The largest absolute Gasteiger partial charge is 0.356 e. The molecule has 28 heavy (non-hydrogen) atoms. The molecular formula is C22H24N2O3S. The summed E-state index contributed by atoms with van der Waals surface area (Å²) in [6.07, 6.45) is 3.31. The van der Waals surface area contributed by atoms with Gasteiger partial charge in [0, 0.05) is 28.6 Å². The van der Waals surface area contributed by atoms with Gasteiger partial charge in [-0.05, 0) is 62.1 Å². The molecule has 1 aromatic heterocycles. The van der Waals surface area contributed by atoms with Gasteiger partial charge in [-0.25, -0.2) is 0 Å². The number of hydrogen-bond donors (Lipinski definition) is 2. The second kappa shape index (κ2) is 6.72. The number of benzene rings is 2. The monoisotopic (exact) mass is 396 g/mol. The van der Waals surface area contributed by atoms with Crippen molar-refractivity contribution in [1.29, 1.82) is 0 Å². The van der Waals surface area contributed by atoms with Gasteiger partial charge in [-0.1, -0.05) is 29.8 Å². The van der Waals surface area contributed by atoms with Gasteiger partial charge in [0.05, 0.1) is 4.90 Å². The van der Waals surface area contributed by atoms with Gasteiger partial charge in [-0.2, -0.15) is 8.42 Å². The fourth-order valence-corrected chi connectivity index (χ4v) is 5.60. The molecule has 0 saturated carbocycles. The molecule has 0 spiro atoms. The van der Waals surface area contributed by atoms with Crippen LogP contribution in [0, 0.1) is 6.92 Å². The molecule has 1 aliphatic heterocycles. The Balaban J connectivity index is 1.48. The predicted octanol–water partition coefficient (Wildman–Crippen LogP) is 3.77. The molecule has 5 nitrogen and oxygen atoms in total. The topological polar surface area (TPSA) is 71.2 Å². The van der Waals surface area contributed by atoms with Crippen LogP contribution in [0.3, 0.4) is 0 Å². The second-order valence-electron chi connectivity index (χ2n) is 7.89. The van der Waals surface area contributed by atoms with Crippen LogP contribution in [0.5, 0.6) is 0 Å². The van der Waals surface area contributed by atoms with Crippen molar-refractivity contribution >= 4 is 21.0 Å². The van der Waals surface area contributed by atoms with E-state index in [1.807, 2.05) is 6.92 Å². The Morgan fingerprint density at radius 3 is 2.79 bits per heavy atom. The molecule has 1 saturated heterocycles. The van der Waals surface area contributed by atoms with Crippen molar-refractivity contribution < 1.29 is 12.6 Å². The van der Waals surface area contributed by atoms with E-state index in [4.69, 9.17) is 4.18 Å². The molecule has 0 amide bonds. The first-order valence-electron chi connectivity index (χ1n) is 9.85. The summed E-state index contributed by atoms with van der Waals surface area (Å²) < 4.78 is 30.6. The molecule has 2 aliphatic rings. The SMILES string of the molecule is Cc1ccc(S(=O)(=O)OCc2[nH]c3cccc4c3c2C[C@H]2NCCCC42)cc1. The lowest BCUT2D eigenvalue weighted by Crippen LogP contribution is -2.43. The van der Waals surface area contributed by atoms with E-state index in [0.29, 0.717) is 12.0 Å². The fourth-order valence-electron chi connectivity index (χ4n) is 4.73. The molecule has 146 valence electrons. The van der Waals surface area contributed by atoms with Crippen LogP contribution in [-0.4, -0.2) is 26.0 Å². The average Bonchev–Trinajstić information content (AvgIpc) is 3.06. The summed E-state index contributed by atoms with van der Waals surface area (Å²) in [5, 5.41) is 4.92. The van der Waals surface area contributed by atoms with Crippen LogP contribution in [0.4, 0.5) is 0 Å². The van der Waals surface area contributed by atoms with Crippen LogP contribution < -0.4 is 5.32 Å². The Hall–Kier alpha value is -2.15. The number of piperidine rings is 1. The van der Waals surface area contributed by atoms with Crippen molar-refractivity contribution in [2.75, 3.05) is 6.54 Å².